The van der Waals surface area contributed by atoms with Gasteiger partial charge >= 0.3 is 0 Å². The van der Waals surface area contributed by atoms with Crippen LogP contribution in [-0.4, -0.2) is 19.6 Å². The molecule has 3 heteroatoms. The zero-order valence-corrected chi connectivity index (χ0v) is 9.60. The molecule has 2 heterocycles. The third-order valence-corrected chi connectivity index (χ3v) is 3.53. The fourth-order valence-electron chi connectivity index (χ4n) is 2.48. The molecule has 2 nitrogen and oxygen atoms in total. The highest BCUT2D eigenvalue weighted by molar-refractivity contribution is 9.10. The molecule has 3 rings (SSSR count). The van der Waals surface area contributed by atoms with Gasteiger partial charge in [-0.2, -0.15) is 0 Å². The maximum Gasteiger partial charge on any atom is 0.0446 e. The lowest BCUT2D eigenvalue weighted by Gasteiger charge is -2.18. The Kier molecular flexibility index (Phi) is 2.03. The van der Waals surface area contributed by atoms with Gasteiger partial charge in [0.1, 0.15) is 0 Å². The van der Waals surface area contributed by atoms with Crippen LogP contribution in [0.3, 0.4) is 0 Å². The van der Waals surface area contributed by atoms with Gasteiger partial charge in [0.05, 0.1) is 0 Å². The molecule has 1 aromatic carbocycles. The van der Waals surface area contributed by atoms with E-state index >= 15 is 0 Å². The summed E-state index contributed by atoms with van der Waals surface area (Å²) in [4.78, 5) is 2.51. The summed E-state index contributed by atoms with van der Waals surface area (Å²) in [5.74, 6) is 0. The number of anilines is 1. The first-order valence-electron chi connectivity index (χ1n) is 5.11. The molecule has 0 fully saturated rings. The average Bonchev–Trinajstić information content (AvgIpc) is 2.43. The van der Waals surface area contributed by atoms with Gasteiger partial charge in [-0.3, -0.25) is 0 Å². The van der Waals surface area contributed by atoms with E-state index in [-0.39, 0.29) is 0 Å². The molecule has 0 bridgehead atoms. The number of hydrogen-bond donors (Lipinski definition) is 1. The predicted molar refractivity (Wildman–Crippen MR) is 61.8 cm³/mol. The van der Waals surface area contributed by atoms with Crippen LogP contribution in [0.1, 0.15) is 11.1 Å². The lowest BCUT2D eigenvalue weighted by atomic mass is 10.1. The fourth-order valence-corrected chi connectivity index (χ4v) is 3.03. The molecular weight excluding hydrogens is 240 g/mol. The maximum atomic E-state index is 3.58. The smallest absolute Gasteiger partial charge is 0.0446 e. The van der Waals surface area contributed by atoms with E-state index in [2.05, 4.69) is 38.3 Å². The molecule has 1 aromatic rings. The first kappa shape index (κ1) is 8.74. The summed E-state index contributed by atoms with van der Waals surface area (Å²) >= 11 is 3.58. The van der Waals surface area contributed by atoms with Gasteiger partial charge in [0.2, 0.25) is 0 Å². The van der Waals surface area contributed by atoms with Crippen LogP contribution >= 0.6 is 15.9 Å². The van der Waals surface area contributed by atoms with E-state index < -0.39 is 0 Å². The molecule has 1 N–H and O–H groups in total. The molecule has 0 aliphatic carbocycles. The number of nitrogens with zero attached hydrogens (tertiary/aromatic N) is 1. The molecule has 0 spiro atoms. The highest BCUT2D eigenvalue weighted by Crippen LogP contribution is 2.35. The molecule has 0 saturated carbocycles. The fraction of sp³-hybridized carbons (Fsp3) is 0.455. The summed E-state index contributed by atoms with van der Waals surface area (Å²) in [6, 6.07) is 4.51. The Labute approximate surface area is 92.4 Å². The predicted octanol–water partition coefficient (Wildman–Crippen LogP) is 1.91. The van der Waals surface area contributed by atoms with Crippen molar-refractivity contribution in [1.82, 2.24) is 5.32 Å². The summed E-state index contributed by atoms with van der Waals surface area (Å²) < 4.78 is 1.22. The first-order chi connectivity index (χ1) is 6.84. The maximum absolute atomic E-state index is 3.58. The zero-order valence-electron chi connectivity index (χ0n) is 8.02. The molecule has 0 atom stereocenters. The van der Waals surface area contributed by atoms with Crippen LogP contribution in [0.25, 0.3) is 0 Å². The highest BCUT2D eigenvalue weighted by atomic mass is 79.9. The van der Waals surface area contributed by atoms with Gasteiger partial charge in [0, 0.05) is 36.3 Å². The summed E-state index contributed by atoms with van der Waals surface area (Å²) in [6.07, 6.45) is 1.21. The van der Waals surface area contributed by atoms with Crippen molar-refractivity contribution in [2.75, 3.05) is 24.5 Å². The lowest BCUT2D eigenvalue weighted by molar-refractivity contribution is 0.692. The second-order valence-electron chi connectivity index (χ2n) is 3.99. The Balaban J connectivity index is 2.18. The second kappa shape index (κ2) is 3.24. The van der Waals surface area contributed by atoms with Crippen molar-refractivity contribution in [3.05, 3.63) is 27.7 Å². The Bertz CT molecular complexity index is 376. The molecular formula is C11H13BrN2. The van der Waals surface area contributed by atoms with Crippen LogP contribution in [0.4, 0.5) is 5.69 Å². The number of halogens is 1. The minimum Gasteiger partial charge on any atom is -0.369 e. The van der Waals surface area contributed by atoms with E-state index in [1.165, 1.54) is 34.3 Å². The summed E-state index contributed by atoms with van der Waals surface area (Å²) in [5.41, 5.74) is 4.46. The van der Waals surface area contributed by atoms with E-state index in [1.54, 1.807) is 0 Å². The van der Waals surface area contributed by atoms with Crippen molar-refractivity contribution in [2.24, 2.45) is 0 Å². The quantitative estimate of drug-likeness (QED) is 0.759. The summed E-state index contributed by atoms with van der Waals surface area (Å²) in [5, 5.41) is 3.46. The minimum atomic E-state index is 1.01. The third kappa shape index (κ3) is 1.27. The SMILES string of the molecule is Brc1cc2c3c(c1)CNCCN3CC2. The summed E-state index contributed by atoms with van der Waals surface area (Å²) in [7, 11) is 0. The topological polar surface area (TPSA) is 15.3 Å². The molecule has 14 heavy (non-hydrogen) atoms. The van der Waals surface area contributed by atoms with Gasteiger partial charge < -0.3 is 10.2 Å². The molecule has 0 aromatic heterocycles. The van der Waals surface area contributed by atoms with Crippen molar-refractivity contribution < 1.29 is 0 Å². The zero-order chi connectivity index (χ0) is 9.54. The van der Waals surface area contributed by atoms with Crippen LogP contribution in [0, 0.1) is 0 Å². The molecule has 0 amide bonds. The number of hydrogen-bond acceptors (Lipinski definition) is 2. The van der Waals surface area contributed by atoms with Crippen LogP contribution < -0.4 is 10.2 Å². The molecule has 2 aliphatic rings. The van der Waals surface area contributed by atoms with Gasteiger partial charge in [-0.25, -0.2) is 0 Å². The Hall–Kier alpha value is -0.540. The van der Waals surface area contributed by atoms with Gasteiger partial charge in [-0.15, -0.1) is 0 Å². The Morgan fingerprint density at radius 3 is 3.00 bits per heavy atom. The van der Waals surface area contributed by atoms with E-state index in [9.17, 15) is 0 Å². The van der Waals surface area contributed by atoms with E-state index in [1.807, 2.05) is 0 Å². The van der Waals surface area contributed by atoms with E-state index in [4.69, 9.17) is 0 Å². The van der Waals surface area contributed by atoms with Gasteiger partial charge in [-0.05, 0) is 29.7 Å². The largest absolute Gasteiger partial charge is 0.369 e. The van der Waals surface area contributed by atoms with Crippen molar-refractivity contribution in [3.8, 4) is 0 Å². The van der Waals surface area contributed by atoms with Gasteiger partial charge in [0.25, 0.3) is 0 Å². The van der Waals surface area contributed by atoms with Crippen LogP contribution in [0.15, 0.2) is 16.6 Å². The van der Waals surface area contributed by atoms with Gasteiger partial charge in [0.15, 0.2) is 0 Å². The number of nitrogens with one attached hydrogen (secondary N) is 1. The monoisotopic (exact) mass is 252 g/mol. The van der Waals surface area contributed by atoms with E-state index in [0.717, 1.165) is 19.6 Å². The van der Waals surface area contributed by atoms with Crippen molar-refractivity contribution in [1.29, 1.82) is 0 Å². The molecule has 0 unspecified atom stereocenters. The van der Waals surface area contributed by atoms with Crippen LogP contribution in [0.2, 0.25) is 0 Å². The average molecular weight is 253 g/mol. The standard InChI is InChI=1S/C11H13BrN2/c12-10-5-8-1-3-14-4-2-13-7-9(6-10)11(8)14/h5-6,13H,1-4,7H2. The van der Waals surface area contributed by atoms with Crippen LogP contribution in [0.5, 0.6) is 0 Å². The highest BCUT2D eigenvalue weighted by Gasteiger charge is 2.24. The molecule has 74 valence electrons. The first-order valence-corrected chi connectivity index (χ1v) is 5.91. The van der Waals surface area contributed by atoms with E-state index in [0.29, 0.717) is 0 Å². The lowest BCUT2D eigenvalue weighted by Crippen LogP contribution is -2.27. The van der Waals surface area contributed by atoms with Crippen molar-refractivity contribution >= 4 is 21.6 Å². The Morgan fingerprint density at radius 2 is 2.07 bits per heavy atom. The van der Waals surface area contributed by atoms with Crippen LogP contribution in [-0.2, 0) is 13.0 Å². The Morgan fingerprint density at radius 1 is 1.21 bits per heavy atom. The molecule has 0 radical (unpaired) electrons. The van der Waals surface area contributed by atoms with Crippen molar-refractivity contribution in [3.63, 3.8) is 0 Å². The third-order valence-electron chi connectivity index (χ3n) is 3.07. The minimum absolute atomic E-state index is 1.01. The second-order valence-corrected chi connectivity index (χ2v) is 4.90. The number of rotatable bonds is 0. The summed E-state index contributed by atoms with van der Waals surface area (Å²) in [6.45, 7) is 4.46. The number of benzene rings is 1. The molecule has 0 saturated heterocycles. The normalized spacial score (nSPS) is 19.4. The molecule has 2 aliphatic heterocycles. The van der Waals surface area contributed by atoms with Gasteiger partial charge in [-0.1, -0.05) is 15.9 Å². The van der Waals surface area contributed by atoms with Crippen molar-refractivity contribution in [2.45, 2.75) is 13.0 Å².